The molecule has 8 rings (SSSR count). The molecule has 44 heavy (non-hydrogen) atoms. The van der Waals surface area contributed by atoms with Crippen molar-refractivity contribution in [3.05, 3.63) is 70.4 Å². The number of thiophene rings is 1. The van der Waals surface area contributed by atoms with Gasteiger partial charge >= 0.3 is 0 Å². The Balaban J connectivity index is 0.903. The molecule has 234 valence electrons. The number of ether oxygens (including phenoxy) is 1. The van der Waals surface area contributed by atoms with Crippen molar-refractivity contribution in [1.29, 1.82) is 0 Å². The van der Waals surface area contributed by atoms with Crippen molar-refractivity contribution in [2.24, 2.45) is 23.2 Å². The first-order chi connectivity index (χ1) is 21.2. The van der Waals surface area contributed by atoms with Crippen LogP contribution in [0.15, 0.2) is 60.0 Å². The van der Waals surface area contributed by atoms with Gasteiger partial charge in [-0.05, 0) is 128 Å². The number of amides is 1. The van der Waals surface area contributed by atoms with Crippen molar-refractivity contribution < 1.29 is 17.9 Å². The predicted octanol–water partition coefficient (Wildman–Crippen LogP) is 6.41. The Labute approximate surface area is 265 Å². The van der Waals surface area contributed by atoms with Crippen LogP contribution in [0.3, 0.4) is 0 Å². The van der Waals surface area contributed by atoms with Gasteiger partial charge in [0.05, 0.1) is 12.4 Å². The number of carbonyl (C=O) groups is 1. The SMILES string of the molecule is CCOc1cccc(-c2csc(CN3CCN(c4ccc(C(=O)NS(=O)(=O)CC56CC7CC(CC(C7)C5)C6)cc4)CC3)c2)c1. The van der Waals surface area contributed by atoms with Crippen LogP contribution in [0.1, 0.15) is 60.7 Å². The molecule has 9 heteroatoms. The van der Waals surface area contributed by atoms with E-state index in [4.69, 9.17) is 4.74 Å². The fourth-order valence-corrected chi connectivity index (χ4v) is 11.4. The van der Waals surface area contributed by atoms with Gasteiger partial charge in [0, 0.05) is 48.9 Å². The molecule has 0 unspecified atom stereocenters. The zero-order valence-corrected chi connectivity index (χ0v) is 27.2. The van der Waals surface area contributed by atoms with Crippen LogP contribution < -0.4 is 14.4 Å². The Morgan fingerprint density at radius 3 is 2.27 bits per heavy atom. The maximum absolute atomic E-state index is 13.1. The molecule has 4 aliphatic carbocycles. The van der Waals surface area contributed by atoms with E-state index < -0.39 is 15.9 Å². The number of rotatable bonds is 10. The summed E-state index contributed by atoms with van der Waals surface area (Å²) in [7, 11) is -3.69. The fourth-order valence-electron chi connectivity index (χ4n) is 8.86. The van der Waals surface area contributed by atoms with Crippen LogP contribution >= 0.6 is 11.3 Å². The molecule has 7 nitrogen and oxygen atoms in total. The highest BCUT2D eigenvalue weighted by Gasteiger charge is 2.52. The van der Waals surface area contributed by atoms with E-state index >= 15 is 0 Å². The molecule has 1 saturated heterocycles. The van der Waals surface area contributed by atoms with Gasteiger partial charge in [-0.25, -0.2) is 13.1 Å². The minimum atomic E-state index is -3.69. The van der Waals surface area contributed by atoms with Crippen LogP contribution in [-0.2, 0) is 16.6 Å². The highest BCUT2D eigenvalue weighted by molar-refractivity contribution is 7.90. The third kappa shape index (κ3) is 6.56. The van der Waals surface area contributed by atoms with Crippen molar-refractivity contribution in [3.63, 3.8) is 0 Å². The molecule has 1 aliphatic heterocycles. The van der Waals surface area contributed by atoms with Gasteiger partial charge < -0.3 is 9.64 Å². The average Bonchev–Trinajstić information content (AvgIpc) is 3.45. The van der Waals surface area contributed by atoms with Crippen molar-refractivity contribution in [3.8, 4) is 16.9 Å². The van der Waals surface area contributed by atoms with Crippen molar-refractivity contribution in [2.75, 3.05) is 43.4 Å². The molecule has 4 bridgehead atoms. The van der Waals surface area contributed by atoms with E-state index in [1.54, 1.807) is 23.5 Å². The minimum absolute atomic E-state index is 0.0888. The van der Waals surface area contributed by atoms with Crippen LogP contribution in [0.4, 0.5) is 5.69 Å². The van der Waals surface area contributed by atoms with Crippen molar-refractivity contribution >= 4 is 33.0 Å². The predicted molar refractivity (Wildman–Crippen MR) is 177 cm³/mol. The monoisotopic (exact) mass is 633 g/mol. The zero-order valence-electron chi connectivity index (χ0n) is 25.5. The molecule has 0 atom stereocenters. The van der Waals surface area contributed by atoms with Crippen LogP contribution in [0.2, 0.25) is 0 Å². The summed E-state index contributed by atoms with van der Waals surface area (Å²) in [6.45, 7) is 7.31. The summed E-state index contributed by atoms with van der Waals surface area (Å²) >= 11 is 1.80. The lowest BCUT2D eigenvalue weighted by Gasteiger charge is -2.56. The molecule has 4 saturated carbocycles. The van der Waals surface area contributed by atoms with E-state index in [9.17, 15) is 13.2 Å². The largest absolute Gasteiger partial charge is 0.494 e. The van der Waals surface area contributed by atoms with Gasteiger partial charge in [0.25, 0.3) is 5.91 Å². The topological polar surface area (TPSA) is 79.0 Å². The quantitative estimate of drug-likeness (QED) is 0.278. The van der Waals surface area contributed by atoms with Crippen molar-refractivity contribution in [1.82, 2.24) is 9.62 Å². The smallest absolute Gasteiger partial charge is 0.264 e. The van der Waals surface area contributed by atoms with Crippen LogP contribution in [0, 0.1) is 23.2 Å². The summed E-state index contributed by atoms with van der Waals surface area (Å²) in [5.74, 6) is 2.51. The van der Waals surface area contributed by atoms with Gasteiger partial charge in [0.15, 0.2) is 0 Å². The van der Waals surface area contributed by atoms with Gasteiger partial charge in [-0.1, -0.05) is 12.1 Å². The first-order valence-electron chi connectivity index (χ1n) is 16.2. The van der Waals surface area contributed by atoms with E-state index in [1.165, 1.54) is 35.3 Å². The normalized spacial score (nSPS) is 26.6. The van der Waals surface area contributed by atoms with Crippen molar-refractivity contribution in [2.45, 2.75) is 52.0 Å². The number of nitrogens with one attached hydrogen (secondary N) is 1. The second kappa shape index (κ2) is 12.1. The average molecular weight is 634 g/mol. The second-order valence-corrected chi connectivity index (χ2v) is 16.4. The summed E-state index contributed by atoms with van der Waals surface area (Å²) in [4.78, 5) is 19.1. The van der Waals surface area contributed by atoms with Gasteiger partial charge in [-0.2, -0.15) is 0 Å². The molecule has 5 aliphatic rings. The molecule has 5 fully saturated rings. The lowest BCUT2D eigenvalue weighted by molar-refractivity contribution is -0.0391. The number of piperazine rings is 1. The lowest BCUT2D eigenvalue weighted by Crippen LogP contribution is -2.51. The number of nitrogens with zero attached hydrogens (tertiary/aromatic N) is 2. The van der Waals surface area contributed by atoms with E-state index in [0.717, 1.165) is 63.4 Å². The van der Waals surface area contributed by atoms with Crippen LogP contribution in [0.25, 0.3) is 11.1 Å². The highest BCUT2D eigenvalue weighted by Crippen LogP contribution is 2.60. The van der Waals surface area contributed by atoms with Gasteiger partial charge in [-0.3, -0.25) is 9.69 Å². The summed E-state index contributed by atoms with van der Waals surface area (Å²) in [6.07, 6.45) is 6.84. The summed E-state index contributed by atoms with van der Waals surface area (Å²) < 4.78 is 34.3. The third-order valence-corrected chi connectivity index (χ3v) is 12.7. The highest BCUT2D eigenvalue weighted by atomic mass is 32.2. The van der Waals surface area contributed by atoms with Gasteiger partial charge in [-0.15, -0.1) is 11.3 Å². The molecule has 1 N–H and O–H groups in total. The maximum Gasteiger partial charge on any atom is 0.264 e. The first kappa shape index (κ1) is 29.8. The summed E-state index contributed by atoms with van der Waals surface area (Å²) in [5.41, 5.74) is 3.73. The van der Waals surface area contributed by atoms with Gasteiger partial charge in [0.1, 0.15) is 5.75 Å². The zero-order chi connectivity index (χ0) is 30.3. The molecule has 1 amide bonds. The standard InChI is InChI=1S/C35H43N3O4S2/c1-2-42-32-5-3-4-29(17-32)30-18-33(43-23-30)22-37-10-12-38(13-11-37)31-8-6-28(7-9-31)34(39)36-44(40,41)24-35-19-25-14-26(20-35)16-27(15-25)21-35/h3-9,17-18,23,25-27H,2,10-16,19-22,24H2,1H3,(H,36,39). The first-order valence-corrected chi connectivity index (χ1v) is 18.7. The third-order valence-electron chi connectivity index (χ3n) is 10.3. The Morgan fingerprint density at radius 2 is 1.61 bits per heavy atom. The number of benzene rings is 2. The second-order valence-electron chi connectivity index (χ2n) is 13.7. The molecular weight excluding hydrogens is 591 g/mol. The van der Waals surface area contributed by atoms with E-state index in [1.807, 2.05) is 31.2 Å². The maximum atomic E-state index is 13.1. The number of carbonyl (C=O) groups excluding carboxylic acids is 1. The Kier molecular flexibility index (Phi) is 8.22. The number of sulfonamides is 1. The van der Waals surface area contributed by atoms with E-state index in [0.29, 0.717) is 29.9 Å². The Bertz CT molecular complexity index is 1560. The van der Waals surface area contributed by atoms with Crippen LogP contribution in [0.5, 0.6) is 5.75 Å². The molecular formula is C35H43N3O4S2. The minimum Gasteiger partial charge on any atom is -0.494 e. The number of hydrogen-bond donors (Lipinski definition) is 1. The summed E-state index contributed by atoms with van der Waals surface area (Å²) in [5, 5.41) is 2.22. The molecule has 1 aromatic heterocycles. The molecule has 0 spiro atoms. The Morgan fingerprint density at radius 1 is 0.932 bits per heavy atom. The summed E-state index contributed by atoms with van der Waals surface area (Å²) in [6, 6.07) is 18.0. The molecule has 2 aromatic carbocycles. The molecule has 3 aromatic rings. The van der Waals surface area contributed by atoms with E-state index in [2.05, 4.69) is 38.1 Å². The molecule has 2 heterocycles. The Hall–Kier alpha value is -2.88. The lowest BCUT2D eigenvalue weighted by atomic mass is 9.50. The van der Waals surface area contributed by atoms with Crippen LogP contribution in [-0.4, -0.2) is 57.8 Å². The fraction of sp³-hybridized carbons (Fsp3) is 0.514. The van der Waals surface area contributed by atoms with E-state index in [-0.39, 0.29) is 11.2 Å². The van der Waals surface area contributed by atoms with Gasteiger partial charge in [0.2, 0.25) is 10.0 Å². The number of hydrogen-bond acceptors (Lipinski definition) is 7. The molecule has 0 radical (unpaired) electrons. The number of anilines is 1.